The molecule has 0 aliphatic rings. The minimum atomic E-state index is -0.256. The van der Waals surface area contributed by atoms with Crippen molar-refractivity contribution in [3.63, 3.8) is 0 Å². The molecule has 1 rings (SSSR count). The minimum Gasteiger partial charge on any atom is -0.381 e. The Morgan fingerprint density at radius 2 is 2.00 bits per heavy atom. The Bertz CT molecular complexity index is 442. The molecule has 0 saturated carbocycles. The van der Waals surface area contributed by atoms with Crippen LogP contribution in [0.3, 0.4) is 0 Å². The lowest BCUT2D eigenvalue weighted by Gasteiger charge is -2.13. The van der Waals surface area contributed by atoms with Gasteiger partial charge in [0.25, 0.3) is 5.56 Å². The van der Waals surface area contributed by atoms with Crippen molar-refractivity contribution in [3.05, 3.63) is 21.6 Å². The Kier molecular flexibility index (Phi) is 5.62. The third-order valence-corrected chi connectivity index (χ3v) is 2.79. The monoisotopic (exact) mass is 272 g/mol. The van der Waals surface area contributed by atoms with Gasteiger partial charge in [-0.2, -0.15) is 5.10 Å². The number of halogens is 1. The number of hydrogen-bond acceptors (Lipinski definition) is 4. The fourth-order valence-corrected chi connectivity index (χ4v) is 1.70. The summed E-state index contributed by atoms with van der Waals surface area (Å²) in [6.45, 7) is 9.46. The predicted molar refractivity (Wildman–Crippen MR) is 75.5 cm³/mol. The van der Waals surface area contributed by atoms with Crippen LogP contribution in [-0.4, -0.2) is 28.9 Å². The van der Waals surface area contributed by atoms with Gasteiger partial charge in [0.05, 0.1) is 17.9 Å². The summed E-state index contributed by atoms with van der Waals surface area (Å²) in [6.07, 6.45) is 1.60. The summed E-state index contributed by atoms with van der Waals surface area (Å²) in [5.41, 5.74) is 0.331. The van der Waals surface area contributed by atoms with Crippen LogP contribution in [0.25, 0.3) is 0 Å². The van der Waals surface area contributed by atoms with Crippen LogP contribution in [0.2, 0.25) is 5.02 Å². The molecule has 0 amide bonds. The van der Waals surface area contributed by atoms with E-state index in [-0.39, 0.29) is 16.6 Å². The van der Waals surface area contributed by atoms with Crippen LogP contribution in [0.15, 0.2) is 11.0 Å². The van der Waals surface area contributed by atoms with E-state index in [2.05, 4.69) is 29.6 Å². The zero-order chi connectivity index (χ0) is 13.7. The summed E-state index contributed by atoms with van der Waals surface area (Å²) in [6, 6.07) is 0.445. The van der Waals surface area contributed by atoms with Gasteiger partial charge in [0, 0.05) is 19.1 Å². The Labute approximate surface area is 113 Å². The van der Waals surface area contributed by atoms with E-state index < -0.39 is 0 Å². The second-order valence-corrected chi connectivity index (χ2v) is 5.13. The summed E-state index contributed by atoms with van der Waals surface area (Å²) in [5, 5.41) is 10.7. The zero-order valence-electron chi connectivity index (χ0n) is 11.3. The topological polar surface area (TPSA) is 59.0 Å². The summed E-state index contributed by atoms with van der Waals surface area (Å²) in [4.78, 5) is 11.9. The molecule has 0 atom stereocenters. The fraction of sp³-hybridized carbons (Fsp3) is 0.667. The molecule has 0 bridgehead atoms. The van der Waals surface area contributed by atoms with Crippen molar-refractivity contribution >= 4 is 17.3 Å². The predicted octanol–water partition coefficient (Wildman–Crippen LogP) is 1.89. The SMILES string of the molecule is CC(C)NCCNc1cnn(C(C)C)c(=O)c1Cl. The molecule has 5 nitrogen and oxygen atoms in total. The van der Waals surface area contributed by atoms with Crippen molar-refractivity contribution in [2.45, 2.75) is 39.8 Å². The molecule has 0 radical (unpaired) electrons. The molecular formula is C12H21ClN4O. The Balaban J connectivity index is 2.68. The Morgan fingerprint density at radius 3 is 2.56 bits per heavy atom. The van der Waals surface area contributed by atoms with Crippen molar-refractivity contribution in [3.8, 4) is 0 Å². The van der Waals surface area contributed by atoms with Gasteiger partial charge >= 0.3 is 0 Å². The van der Waals surface area contributed by atoms with E-state index in [4.69, 9.17) is 11.6 Å². The first-order valence-electron chi connectivity index (χ1n) is 6.18. The number of nitrogens with zero attached hydrogens (tertiary/aromatic N) is 2. The molecule has 18 heavy (non-hydrogen) atoms. The van der Waals surface area contributed by atoms with Crippen molar-refractivity contribution in [2.24, 2.45) is 0 Å². The molecular weight excluding hydrogens is 252 g/mol. The van der Waals surface area contributed by atoms with E-state index >= 15 is 0 Å². The van der Waals surface area contributed by atoms with Crippen molar-refractivity contribution in [1.29, 1.82) is 0 Å². The zero-order valence-corrected chi connectivity index (χ0v) is 12.1. The van der Waals surface area contributed by atoms with E-state index in [9.17, 15) is 4.79 Å². The van der Waals surface area contributed by atoms with Crippen LogP contribution in [0.1, 0.15) is 33.7 Å². The van der Waals surface area contributed by atoms with E-state index in [1.54, 1.807) is 6.20 Å². The average molecular weight is 273 g/mol. The first kappa shape index (κ1) is 15.0. The number of aromatic nitrogens is 2. The van der Waals surface area contributed by atoms with E-state index in [0.29, 0.717) is 18.3 Å². The lowest BCUT2D eigenvalue weighted by atomic mass is 10.3. The van der Waals surface area contributed by atoms with Gasteiger partial charge in [0.1, 0.15) is 5.02 Å². The lowest BCUT2D eigenvalue weighted by molar-refractivity contribution is 0.503. The second-order valence-electron chi connectivity index (χ2n) is 4.75. The van der Waals surface area contributed by atoms with Crippen LogP contribution in [0, 0.1) is 0 Å². The molecule has 0 aromatic carbocycles. The van der Waals surface area contributed by atoms with Crippen LogP contribution >= 0.6 is 11.6 Å². The molecule has 0 unspecified atom stereocenters. The van der Waals surface area contributed by atoms with Crippen LogP contribution in [-0.2, 0) is 0 Å². The third kappa shape index (κ3) is 3.99. The van der Waals surface area contributed by atoms with Crippen molar-refractivity contribution in [1.82, 2.24) is 15.1 Å². The summed E-state index contributed by atoms with van der Waals surface area (Å²) in [5.74, 6) is 0. The summed E-state index contributed by atoms with van der Waals surface area (Å²) < 4.78 is 1.37. The van der Waals surface area contributed by atoms with Crippen molar-refractivity contribution < 1.29 is 0 Å². The molecule has 0 saturated heterocycles. The number of nitrogens with one attached hydrogen (secondary N) is 2. The molecule has 0 aliphatic carbocycles. The highest BCUT2D eigenvalue weighted by molar-refractivity contribution is 6.32. The average Bonchev–Trinajstić information content (AvgIpc) is 2.29. The Hall–Kier alpha value is -1.07. The van der Waals surface area contributed by atoms with Gasteiger partial charge in [0.15, 0.2) is 0 Å². The number of rotatable bonds is 6. The normalized spacial score (nSPS) is 11.3. The molecule has 2 N–H and O–H groups in total. The first-order valence-corrected chi connectivity index (χ1v) is 6.55. The van der Waals surface area contributed by atoms with E-state index in [1.807, 2.05) is 13.8 Å². The minimum absolute atomic E-state index is 0.00616. The van der Waals surface area contributed by atoms with Crippen molar-refractivity contribution in [2.75, 3.05) is 18.4 Å². The van der Waals surface area contributed by atoms with Gasteiger partial charge in [-0.15, -0.1) is 0 Å². The van der Waals surface area contributed by atoms with E-state index in [0.717, 1.165) is 6.54 Å². The summed E-state index contributed by atoms with van der Waals surface area (Å²) >= 11 is 6.03. The highest BCUT2D eigenvalue weighted by Crippen LogP contribution is 2.15. The summed E-state index contributed by atoms with van der Waals surface area (Å²) in [7, 11) is 0. The molecule has 0 spiro atoms. The van der Waals surface area contributed by atoms with Gasteiger partial charge in [-0.1, -0.05) is 25.4 Å². The highest BCUT2D eigenvalue weighted by atomic mass is 35.5. The van der Waals surface area contributed by atoms with E-state index in [1.165, 1.54) is 4.68 Å². The molecule has 1 heterocycles. The number of anilines is 1. The standard InChI is InChI=1S/C12H21ClN4O/c1-8(2)14-5-6-15-10-7-16-17(9(3)4)12(18)11(10)13/h7-9,14-15H,5-6H2,1-4H3. The van der Waals surface area contributed by atoms with Gasteiger partial charge in [0.2, 0.25) is 0 Å². The van der Waals surface area contributed by atoms with Gasteiger partial charge in [-0.3, -0.25) is 4.79 Å². The first-order chi connectivity index (χ1) is 8.43. The maximum atomic E-state index is 11.9. The molecule has 1 aromatic rings. The largest absolute Gasteiger partial charge is 0.381 e. The van der Waals surface area contributed by atoms with Crippen LogP contribution < -0.4 is 16.2 Å². The van der Waals surface area contributed by atoms with Gasteiger partial charge in [-0.25, -0.2) is 4.68 Å². The molecule has 6 heteroatoms. The molecule has 0 fully saturated rings. The van der Waals surface area contributed by atoms with Gasteiger partial charge < -0.3 is 10.6 Å². The van der Waals surface area contributed by atoms with Crippen LogP contribution in [0.4, 0.5) is 5.69 Å². The lowest BCUT2D eigenvalue weighted by Crippen LogP contribution is -2.29. The maximum Gasteiger partial charge on any atom is 0.287 e. The smallest absolute Gasteiger partial charge is 0.287 e. The Morgan fingerprint density at radius 1 is 1.33 bits per heavy atom. The molecule has 1 aromatic heterocycles. The number of hydrogen-bond donors (Lipinski definition) is 2. The fourth-order valence-electron chi connectivity index (χ4n) is 1.49. The third-order valence-electron chi connectivity index (χ3n) is 2.43. The maximum absolute atomic E-state index is 11.9. The quantitative estimate of drug-likeness (QED) is 0.777. The molecule has 0 aliphatic heterocycles. The molecule has 102 valence electrons. The van der Waals surface area contributed by atoms with Crippen LogP contribution in [0.5, 0.6) is 0 Å². The second kappa shape index (κ2) is 6.75. The van der Waals surface area contributed by atoms with Gasteiger partial charge in [-0.05, 0) is 13.8 Å². The highest BCUT2D eigenvalue weighted by Gasteiger charge is 2.10.